The van der Waals surface area contributed by atoms with Crippen molar-refractivity contribution in [2.75, 3.05) is 26.7 Å². The van der Waals surface area contributed by atoms with Crippen molar-refractivity contribution < 1.29 is 4.79 Å². The molecule has 2 rings (SSSR count). The SMILES string of the molecule is CCc1nnsc1C(=O)N1CCN(C)CC1C. The van der Waals surface area contributed by atoms with Crippen molar-refractivity contribution in [3.8, 4) is 0 Å². The van der Waals surface area contributed by atoms with Crippen molar-refractivity contribution in [1.29, 1.82) is 0 Å². The third-order valence-electron chi connectivity index (χ3n) is 3.18. The highest BCUT2D eigenvalue weighted by atomic mass is 32.1. The molecule has 0 radical (unpaired) electrons. The van der Waals surface area contributed by atoms with Crippen LogP contribution in [0.1, 0.15) is 29.2 Å². The summed E-state index contributed by atoms with van der Waals surface area (Å²) >= 11 is 1.21. The quantitative estimate of drug-likeness (QED) is 0.786. The Bertz CT molecular complexity index is 406. The van der Waals surface area contributed by atoms with Gasteiger partial charge in [-0.3, -0.25) is 4.79 Å². The molecule has 1 saturated heterocycles. The topological polar surface area (TPSA) is 49.3 Å². The van der Waals surface area contributed by atoms with Gasteiger partial charge in [0, 0.05) is 25.7 Å². The maximum absolute atomic E-state index is 12.4. The molecule has 1 amide bonds. The first-order chi connectivity index (χ1) is 8.13. The molecule has 17 heavy (non-hydrogen) atoms. The Morgan fingerprint density at radius 2 is 2.29 bits per heavy atom. The smallest absolute Gasteiger partial charge is 0.267 e. The van der Waals surface area contributed by atoms with Crippen LogP contribution in [0.25, 0.3) is 0 Å². The van der Waals surface area contributed by atoms with Gasteiger partial charge >= 0.3 is 0 Å². The lowest BCUT2D eigenvalue weighted by Crippen LogP contribution is -2.52. The van der Waals surface area contributed by atoms with Crippen LogP contribution >= 0.6 is 11.5 Å². The van der Waals surface area contributed by atoms with Crippen molar-refractivity contribution >= 4 is 17.4 Å². The Kier molecular flexibility index (Phi) is 3.73. The Morgan fingerprint density at radius 3 is 2.94 bits per heavy atom. The van der Waals surface area contributed by atoms with E-state index < -0.39 is 0 Å². The first-order valence-electron chi connectivity index (χ1n) is 5.94. The fraction of sp³-hybridized carbons (Fsp3) is 0.727. The lowest BCUT2D eigenvalue weighted by molar-refractivity contribution is 0.0537. The Hall–Kier alpha value is -1.01. The van der Waals surface area contributed by atoms with E-state index in [-0.39, 0.29) is 11.9 Å². The van der Waals surface area contributed by atoms with E-state index in [1.807, 2.05) is 11.8 Å². The van der Waals surface area contributed by atoms with E-state index in [2.05, 4.69) is 28.5 Å². The standard InChI is InChI=1S/C11H18N4OS/c1-4-9-10(17-13-12-9)11(16)15-6-5-14(3)7-8(15)2/h8H,4-7H2,1-3H3. The number of piperazine rings is 1. The molecule has 1 aromatic heterocycles. The predicted octanol–water partition coefficient (Wildman–Crippen LogP) is 0.877. The molecular formula is C11H18N4OS. The summed E-state index contributed by atoms with van der Waals surface area (Å²) in [6.45, 7) is 6.75. The summed E-state index contributed by atoms with van der Waals surface area (Å²) in [4.78, 5) is 17.3. The van der Waals surface area contributed by atoms with Crippen LogP contribution in [0.5, 0.6) is 0 Å². The fourth-order valence-electron chi connectivity index (χ4n) is 2.17. The summed E-state index contributed by atoms with van der Waals surface area (Å²) in [6.07, 6.45) is 0.764. The summed E-state index contributed by atoms with van der Waals surface area (Å²) in [5.41, 5.74) is 0.825. The highest BCUT2D eigenvalue weighted by molar-refractivity contribution is 7.08. The van der Waals surface area contributed by atoms with E-state index >= 15 is 0 Å². The Morgan fingerprint density at radius 1 is 1.53 bits per heavy atom. The lowest BCUT2D eigenvalue weighted by atomic mass is 10.1. The molecule has 0 bridgehead atoms. The largest absolute Gasteiger partial charge is 0.333 e. The maximum Gasteiger partial charge on any atom is 0.267 e. The summed E-state index contributed by atoms with van der Waals surface area (Å²) in [6, 6.07) is 0.257. The molecule has 1 aromatic rings. The number of hydrogen-bond acceptors (Lipinski definition) is 5. The number of amides is 1. The van der Waals surface area contributed by atoms with Crippen molar-refractivity contribution in [3.05, 3.63) is 10.6 Å². The molecular weight excluding hydrogens is 236 g/mol. The van der Waals surface area contributed by atoms with E-state index in [4.69, 9.17) is 0 Å². The first-order valence-corrected chi connectivity index (χ1v) is 6.71. The van der Waals surface area contributed by atoms with Crippen molar-refractivity contribution in [2.45, 2.75) is 26.3 Å². The summed E-state index contributed by atoms with van der Waals surface area (Å²) in [5, 5.41) is 4.00. The molecule has 0 saturated carbocycles. The monoisotopic (exact) mass is 254 g/mol. The Balaban J connectivity index is 2.15. The van der Waals surface area contributed by atoms with E-state index in [9.17, 15) is 4.79 Å². The summed E-state index contributed by atoms with van der Waals surface area (Å²) in [5.74, 6) is 0.0949. The minimum atomic E-state index is 0.0949. The number of rotatable bonds is 2. The number of carbonyl (C=O) groups excluding carboxylic acids is 1. The highest BCUT2D eigenvalue weighted by Crippen LogP contribution is 2.18. The maximum atomic E-state index is 12.4. The van der Waals surface area contributed by atoms with Gasteiger partial charge in [-0.25, -0.2) is 0 Å². The van der Waals surface area contributed by atoms with Crippen molar-refractivity contribution in [2.24, 2.45) is 0 Å². The highest BCUT2D eigenvalue weighted by Gasteiger charge is 2.29. The van der Waals surface area contributed by atoms with Crippen LogP contribution in [-0.2, 0) is 6.42 Å². The van der Waals surface area contributed by atoms with Gasteiger partial charge in [-0.05, 0) is 31.9 Å². The van der Waals surface area contributed by atoms with Gasteiger partial charge < -0.3 is 9.80 Å². The van der Waals surface area contributed by atoms with Crippen molar-refractivity contribution in [3.63, 3.8) is 0 Å². The Labute approximate surface area is 106 Å². The lowest BCUT2D eigenvalue weighted by Gasteiger charge is -2.37. The molecule has 0 aliphatic carbocycles. The molecule has 6 heteroatoms. The van der Waals surface area contributed by atoms with Crippen LogP contribution in [0, 0.1) is 0 Å². The van der Waals surface area contributed by atoms with Crippen LogP contribution in [0.3, 0.4) is 0 Å². The van der Waals surface area contributed by atoms with Gasteiger partial charge in [0.2, 0.25) is 0 Å². The second kappa shape index (κ2) is 5.10. The minimum absolute atomic E-state index is 0.0949. The van der Waals surface area contributed by atoms with E-state index in [0.29, 0.717) is 4.88 Å². The van der Waals surface area contributed by atoms with Gasteiger partial charge in [0.15, 0.2) is 0 Å². The molecule has 94 valence electrons. The second-order valence-corrected chi connectivity index (χ2v) is 5.27. The normalized spacial score (nSPS) is 21.8. The zero-order valence-corrected chi connectivity index (χ0v) is 11.3. The fourth-order valence-corrected chi connectivity index (χ4v) is 2.88. The van der Waals surface area contributed by atoms with Crippen LogP contribution in [-0.4, -0.2) is 58.0 Å². The number of hydrogen-bond donors (Lipinski definition) is 0. The van der Waals surface area contributed by atoms with Gasteiger partial charge in [0.25, 0.3) is 5.91 Å². The molecule has 2 heterocycles. The molecule has 1 aliphatic rings. The van der Waals surface area contributed by atoms with E-state index in [1.54, 1.807) is 0 Å². The molecule has 1 unspecified atom stereocenters. The molecule has 5 nitrogen and oxygen atoms in total. The molecule has 0 N–H and O–H groups in total. The van der Waals surface area contributed by atoms with Gasteiger partial charge in [0.05, 0.1) is 5.69 Å². The number of nitrogens with zero attached hydrogens (tertiary/aromatic N) is 4. The predicted molar refractivity (Wildman–Crippen MR) is 67.3 cm³/mol. The average molecular weight is 254 g/mol. The zero-order valence-electron chi connectivity index (χ0n) is 10.5. The second-order valence-electron chi connectivity index (χ2n) is 4.51. The summed E-state index contributed by atoms with van der Waals surface area (Å²) < 4.78 is 3.88. The third-order valence-corrected chi connectivity index (χ3v) is 3.93. The molecule has 1 aliphatic heterocycles. The minimum Gasteiger partial charge on any atom is -0.333 e. The van der Waals surface area contributed by atoms with Gasteiger partial charge in [-0.15, -0.1) is 5.10 Å². The first kappa shape index (κ1) is 12.4. The summed E-state index contributed by atoms with van der Waals surface area (Å²) in [7, 11) is 2.09. The number of aromatic nitrogens is 2. The van der Waals surface area contributed by atoms with E-state index in [0.717, 1.165) is 31.7 Å². The average Bonchev–Trinajstić information content (AvgIpc) is 2.76. The van der Waals surface area contributed by atoms with Crippen LogP contribution in [0.15, 0.2) is 0 Å². The third kappa shape index (κ3) is 2.47. The van der Waals surface area contributed by atoms with Crippen LogP contribution in [0.2, 0.25) is 0 Å². The zero-order chi connectivity index (χ0) is 12.4. The number of likely N-dealkylation sites (N-methyl/N-ethyl adjacent to an activating group) is 1. The van der Waals surface area contributed by atoms with Gasteiger partial charge in [-0.1, -0.05) is 11.4 Å². The van der Waals surface area contributed by atoms with Crippen LogP contribution in [0.4, 0.5) is 0 Å². The van der Waals surface area contributed by atoms with E-state index in [1.165, 1.54) is 11.5 Å². The van der Waals surface area contributed by atoms with Gasteiger partial charge in [-0.2, -0.15) is 0 Å². The molecule has 1 fully saturated rings. The number of carbonyl (C=O) groups is 1. The number of aryl methyl sites for hydroxylation is 1. The molecule has 0 aromatic carbocycles. The molecule has 1 atom stereocenters. The van der Waals surface area contributed by atoms with Crippen molar-refractivity contribution in [1.82, 2.24) is 19.4 Å². The van der Waals surface area contributed by atoms with Crippen LogP contribution < -0.4 is 0 Å². The van der Waals surface area contributed by atoms with Gasteiger partial charge in [0.1, 0.15) is 4.88 Å². The molecule has 0 spiro atoms.